The predicted octanol–water partition coefficient (Wildman–Crippen LogP) is 1.88. The first kappa shape index (κ1) is 24.5. The number of esters is 1. The van der Waals surface area contributed by atoms with E-state index in [1.807, 2.05) is 0 Å². The number of benzene rings is 1. The summed E-state index contributed by atoms with van der Waals surface area (Å²) in [5.41, 5.74) is 3.01. The van der Waals surface area contributed by atoms with Gasteiger partial charge in [-0.15, -0.1) is 0 Å². The van der Waals surface area contributed by atoms with Crippen LogP contribution in [0.3, 0.4) is 0 Å². The number of rotatable bonds is 9. The van der Waals surface area contributed by atoms with Gasteiger partial charge in [0.05, 0.1) is 12.7 Å². The fourth-order valence-corrected chi connectivity index (χ4v) is 2.85. The number of aliphatic imine (C=N–C) groups is 1. The van der Waals surface area contributed by atoms with E-state index in [1.54, 1.807) is 24.5 Å². The molecule has 170 valence electrons. The molecule has 0 aliphatic carbocycles. The number of hydrogen-bond donors (Lipinski definition) is 4. The van der Waals surface area contributed by atoms with Crippen molar-refractivity contribution in [2.45, 2.75) is 18.6 Å². The molecule has 0 amide bonds. The number of aromatic hydroxyl groups is 1. The molecule has 32 heavy (non-hydrogen) atoms. The van der Waals surface area contributed by atoms with Gasteiger partial charge in [0.25, 0.3) is 5.16 Å². The maximum atomic E-state index is 12.0. The number of methoxy groups -OCH3 is 1. The number of ether oxygens (including phenoxy) is 1. The highest BCUT2D eigenvalue weighted by atomic mass is 32.2. The lowest BCUT2D eigenvalue weighted by Gasteiger charge is -2.08. The molecule has 1 aromatic carbocycles. The molecule has 0 bridgehead atoms. The van der Waals surface area contributed by atoms with Crippen molar-refractivity contribution < 1.29 is 28.3 Å². The highest BCUT2D eigenvalue weighted by Gasteiger charge is 2.14. The van der Waals surface area contributed by atoms with Gasteiger partial charge in [-0.1, -0.05) is 12.1 Å². The highest BCUT2D eigenvalue weighted by molar-refractivity contribution is 7.90. The maximum absolute atomic E-state index is 12.0. The quantitative estimate of drug-likeness (QED) is 0.108. The number of nitrogens with one attached hydrogen (secondary N) is 2. The van der Waals surface area contributed by atoms with Crippen molar-refractivity contribution >= 4 is 33.2 Å². The van der Waals surface area contributed by atoms with E-state index in [2.05, 4.69) is 25.0 Å². The van der Waals surface area contributed by atoms with Crippen molar-refractivity contribution in [1.29, 1.82) is 0 Å². The third-order valence-corrected chi connectivity index (χ3v) is 4.72. The fourth-order valence-electron chi connectivity index (χ4n) is 2.32. The summed E-state index contributed by atoms with van der Waals surface area (Å²) in [5, 5.41) is 20.7. The lowest BCUT2D eigenvalue weighted by molar-refractivity contribution is -0.135. The minimum Gasteiger partial charge on any atom is -0.508 e. The number of allylic oxidation sites excluding steroid dienone is 1. The summed E-state index contributed by atoms with van der Waals surface area (Å²) >= 11 is 0. The summed E-state index contributed by atoms with van der Waals surface area (Å²) in [7, 11) is -2.51. The van der Waals surface area contributed by atoms with Crippen molar-refractivity contribution in [3.05, 3.63) is 59.8 Å². The molecule has 0 spiro atoms. The Hall–Kier alpha value is -3.77. The normalized spacial score (nSPS) is 12.6. The molecule has 0 fully saturated rings. The van der Waals surface area contributed by atoms with Crippen molar-refractivity contribution in [3.8, 4) is 5.75 Å². The van der Waals surface area contributed by atoms with Crippen LogP contribution in [0.1, 0.15) is 12.5 Å². The number of carbonyl (C=O) groups is 1. The largest absolute Gasteiger partial charge is 0.508 e. The van der Waals surface area contributed by atoms with E-state index in [0.717, 1.165) is 18.0 Å². The summed E-state index contributed by atoms with van der Waals surface area (Å²) in [6.07, 6.45) is 4.84. The zero-order valence-corrected chi connectivity index (χ0v) is 18.4. The molecule has 0 radical (unpaired) electrons. The third kappa shape index (κ3) is 7.49. The zero-order valence-electron chi connectivity index (χ0n) is 17.6. The van der Waals surface area contributed by atoms with Crippen LogP contribution in [0.5, 0.6) is 5.75 Å². The third-order valence-electron chi connectivity index (χ3n) is 3.87. The van der Waals surface area contributed by atoms with Gasteiger partial charge in [-0.05, 0) is 36.8 Å². The van der Waals surface area contributed by atoms with Crippen molar-refractivity contribution in [1.82, 2.24) is 15.4 Å². The van der Waals surface area contributed by atoms with Gasteiger partial charge >= 0.3 is 5.97 Å². The maximum Gasteiger partial charge on any atom is 0.339 e. The second-order valence-corrected chi connectivity index (χ2v) is 8.40. The number of sulfone groups is 1. The first-order chi connectivity index (χ1) is 15.1. The number of aromatic nitrogens is 2. The summed E-state index contributed by atoms with van der Waals surface area (Å²) < 4.78 is 28.6. The zero-order chi connectivity index (χ0) is 23.7. The van der Waals surface area contributed by atoms with Gasteiger partial charge in [0, 0.05) is 30.8 Å². The molecule has 1 heterocycles. The second-order valence-electron chi connectivity index (χ2n) is 6.49. The summed E-state index contributed by atoms with van der Waals surface area (Å²) in [6, 6.07) is 7.96. The first-order valence-corrected chi connectivity index (χ1v) is 11.0. The van der Waals surface area contributed by atoms with Crippen LogP contribution in [0, 0.1) is 0 Å². The van der Waals surface area contributed by atoms with Gasteiger partial charge in [0.2, 0.25) is 9.84 Å². The minimum atomic E-state index is -3.71. The lowest BCUT2D eigenvalue weighted by Crippen LogP contribution is -2.08. The van der Waals surface area contributed by atoms with E-state index in [9.17, 15) is 18.3 Å². The number of hydrogen-bond acceptors (Lipinski definition) is 11. The minimum absolute atomic E-state index is 0.0281. The van der Waals surface area contributed by atoms with Crippen molar-refractivity contribution in [2.75, 3.05) is 18.7 Å². The van der Waals surface area contributed by atoms with Crippen LogP contribution in [-0.2, 0) is 25.9 Å². The van der Waals surface area contributed by atoms with Crippen LogP contribution in [0.4, 0.5) is 11.6 Å². The number of phenolic OH excluding ortho intramolecular Hbond substituents is 1. The standard InChI is InChI=1S/C20H23N5O6S/c1-13(4-7-15(12-22-28)19(27)31-2)23-18-10-17(24-20(25-18)32(3,29)30)21-11-14-5-8-16(26)9-6-14/h4-10,12,22,26,28H,11H2,1-3H3,(H,21,24,25). The first-order valence-electron chi connectivity index (χ1n) is 9.14. The molecular weight excluding hydrogens is 438 g/mol. The molecule has 0 aliphatic heterocycles. The van der Waals surface area contributed by atoms with Crippen LogP contribution < -0.4 is 10.8 Å². The fraction of sp³-hybridized carbons (Fsp3) is 0.200. The smallest absolute Gasteiger partial charge is 0.339 e. The molecule has 4 N–H and O–H groups in total. The van der Waals surface area contributed by atoms with Crippen LogP contribution in [0.25, 0.3) is 0 Å². The Balaban J connectivity index is 2.32. The second kappa shape index (κ2) is 11.0. The van der Waals surface area contributed by atoms with Crippen molar-refractivity contribution in [3.63, 3.8) is 0 Å². The van der Waals surface area contributed by atoms with E-state index in [1.165, 1.54) is 37.5 Å². The van der Waals surface area contributed by atoms with Crippen LogP contribution in [0.15, 0.2) is 64.4 Å². The topological polar surface area (TPSA) is 163 Å². The van der Waals surface area contributed by atoms with Gasteiger partial charge < -0.3 is 15.2 Å². The average molecular weight is 462 g/mol. The van der Waals surface area contributed by atoms with Gasteiger partial charge in [0.1, 0.15) is 11.6 Å². The molecule has 0 unspecified atom stereocenters. The monoisotopic (exact) mass is 461 g/mol. The molecular formula is C20H23N5O6S. The van der Waals surface area contributed by atoms with Gasteiger partial charge in [0.15, 0.2) is 5.82 Å². The summed E-state index contributed by atoms with van der Waals surface area (Å²) in [6.45, 7) is 1.94. The number of carbonyl (C=O) groups excluding carboxylic acids is 1. The number of phenols is 1. The number of anilines is 1. The molecule has 1 aromatic heterocycles. The Labute approximate surface area is 185 Å². The Morgan fingerprint density at radius 2 is 1.91 bits per heavy atom. The van der Waals surface area contributed by atoms with Crippen LogP contribution >= 0.6 is 0 Å². The number of hydroxylamine groups is 1. The van der Waals surface area contributed by atoms with Crippen LogP contribution in [0.2, 0.25) is 0 Å². The van der Waals surface area contributed by atoms with Crippen molar-refractivity contribution in [2.24, 2.45) is 4.99 Å². The Bertz CT molecular complexity index is 1160. The molecule has 12 heteroatoms. The number of nitrogens with zero attached hydrogens (tertiary/aromatic N) is 3. The van der Waals surface area contributed by atoms with E-state index in [4.69, 9.17) is 5.21 Å². The molecule has 0 saturated carbocycles. The predicted molar refractivity (Wildman–Crippen MR) is 118 cm³/mol. The molecule has 11 nitrogen and oxygen atoms in total. The molecule has 0 aliphatic rings. The summed E-state index contributed by atoms with van der Waals surface area (Å²) in [4.78, 5) is 23.9. The van der Waals surface area contributed by atoms with Gasteiger partial charge in [-0.3, -0.25) is 10.7 Å². The van der Waals surface area contributed by atoms with E-state index < -0.39 is 21.0 Å². The van der Waals surface area contributed by atoms with E-state index in [-0.39, 0.29) is 23.0 Å². The molecule has 2 aromatic rings. The van der Waals surface area contributed by atoms with Gasteiger partial charge in [-0.25, -0.2) is 23.2 Å². The summed E-state index contributed by atoms with van der Waals surface area (Å²) in [5.74, 6) is -0.226. The van der Waals surface area contributed by atoms with E-state index in [0.29, 0.717) is 12.3 Å². The Kier molecular flexibility index (Phi) is 8.44. The average Bonchev–Trinajstić information content (AvgIpc) is 2.75. The SMILES string of the molecule is COC(=O)C(C=CC(C)=Nc1cc(NCc2ccc(O)cc2)nc(S(C)(=O)=O)n1)=CNO. The molecule has 0 saturated heterocycles. The van der Waals surface area contributed by atoms with Gasteiger partial charge in [-0.2, -0.15) is 4.98 Å². The highest BCUT2D eigenvalue weighted by Crippen LogP contribution is 2.19. The Morgan fingerprint density at radius 1 is 1.22 bits per heavy atom. The lowest BCUT2D eigenvalue weighted by atomic mass is 10.2. The molecule has 0 atom stereocenters. The van der Waals surface area contributed by atoms with E-state index >= 15 is 0 Å². The van der Waals surface area contributed by atoms with Crippen LogP contribution in [-0.4, -0.2) is 53.7 Å². The molecule has 2 rings (SSSR count). The Morgan fingerprint density at radius 3 is 2.50 bits per heavy atom.